The van der Waals surface area contributed by atoms with Crippen LogP contribution in [0.2, 0.25) is 5.02 Å². The molecule has 3 rings (SSSR count). The molecule has 0 aromatic heterocycles. The first-order chi connectivity index (χ1) is 11.6. The molecule has 2 aliphatic rings. The summed E-state index contributed by atoms with van der Waals surface area (Å²) in [5.41, 5.74) is 5.98. The summed E-state index contributed by atoms with van der Waals surface area (Å²) in [4.78, 5) is 12.2. The highest BCUT2D eigenvalue weighted by Gasteiger charge is 2.24. The van der Waals surface area contributed by atoms with Gasteiger partial charge in [-0.3, -0.25) is 4.79 Å². The van der Waals surface area contributed by atoms with Crippen molar-refractivity contribution in [3.63, 3.8) is 0 Å². The van der Waals surface area contributed by atoms with Crippen molar-refractivity contribution in [2.75, 3.05) is 19.6 Å². The highest BCUT2D eigenvalue weighted by atomic mass is 35.5. The number of likely N-dealkylation sites (tertiary alicyclic amines) is 1. The predicted octanol–water partition coefficient (Wildman–Crippen LogP) is 3.79. The second-order valence-electron chi connectivity index (χ2n) is 6.55. The second kappa shape index (κ2) is 9.90. The Morgan fingerprint density at radius 2 is 2.00 bits per heavy atom. The fraction of sp³-hybridized carbons (Fsp3) is 0.632. The molecule has 1 aromatic rings. The van der Waals surface area contributed by atoms with Crippen molar-refractivity contribution in [1.82, 2.24) is 4.90 Å². The first-order valence-electron chi connectivity index (χ1n) is 9.04. The number of hydrogen-bond acceptors (Lipinski definition) is 3. The van der Waals surface area contributed by atoms with Crippen molar-refractivity contribution >= 4 is 17.5 Å². The molecule has 134 valence electrons. The number of carbonyl (C=O) groups excluding carboxylic acids is 1. The molecule has 4 nitrogen and oxygen atoms in total. The summed E-state index contributed by atoms with van der Waals surface area (Å²) in [5.74, 6) is 0.609. The van der Waals surface area contributed by atoms with Crippen LogP contribution in [0.1, 0.15) is 51.0 Å². The van der Waals surface area contributed by atoms with Crippen molar-refractivity contribution < 1.29 is 9.53 Å². The minimum atomic E-state index is -0.245. The molecule has 24 heavy (non-hydrogen) atoms. The summed E-state index contributed by atoms with van der Waals surface area (Å²) in [5, 5.41) is 0.769. The lowest BCUT2D eigenvalue weighted by molar-refractivity contribution is -0.117. The predicted molar refractivity (Wildman–Crippen MR) is 98.6 cm³/mol. The van der Waals surface area contributed by atoms with Gasteiger partial charge in [0, 0.05) is 6.42 Å². The number of nitrogens with two attached hydrogens (primary N) is 1. The maximum Gasteiger partial charge on any atom is 0.217 e. The third kappa shape index (κ3) is 7.10. The van der Waals surface area contributed by atoms with E-state index in [1.54, 1.807) is 6.92 Å². The molecule has 5 heteroatoms. The van der Waals surface area contributed by atoms with Gasteiger partial charge in [-0.1, -0.05) is 24.6 Å². The Morgan fingerprint density at radius 3 is 2.54 bits per heavy atom. The van der Waals surface area contributed by atoms with E-state index >= 15 is 0 Å². The van der Waals surface area contributed by atoms with Crippen LogP contribution in [0.15, 0.2) is 18.2 Å². The summed E-state index contributed by atoms with van der Waals surface area (Å²) in [6.45, 7) is 5.52. The van der Waals surface area contributed by atoms with Gasteiger partial charge in [0.15, 0.2) is 0 Å². The zero-order chi connectivity index (χ0) is 17.4. The Balaban J connectivity index is 0.000000368. The molecule has 0 atom stereocenters. The van der Waals surface area contributed by atoms with Gasteiger partial charge >= 0.3 is 0 Å². The number of rotatable bonds is 7. The quantitative estimate of drug-likeness (QED) is 0.812. The molecule has 1 aromatic carbocycles. The van der Waals surface area contributed by atoms with Gasteiger partial charge < -0.3 is 15.4 Å². The van der Waals surface area contributed by atoms with E-state index in [4.69, 9.17) is 16.3 Å². The summed E-state index contributed by atoms with van der Waals surface area (Å²) in [6, 6.07) is 6.27. The number of carbonyl (C=O) groups is 1. The standard InChI is InChI=1S/C16H22ClNO.C3H7NO/c17-15-12-13(4-3-11-18-9-1-2-10-18)5-8-16(15)19-14-6-7-14;1-2-3(4)5/h5,8,12,14H,1-4,6-7,9-11H2;2H2,1H3,(H2,4,5). The van der Waals surface area contributed by atoms with Crippen LogP contribution in [-0.4, -0.2) is 36.5 Å². The number of halogens is 1. The van der Waals surface area contributed by atoms with Crippen LogP contribution in [0.5, 0.6) is 5.75 Å². The average molecular weight is 353 g/mol. The van der Waals surface area contributed by atoms with E-state index in [2.05, 4.69) is 22.8 Å². The molecule has 0 unspecified atom stereocenters. The molecule has 1 saturated carbocycles. The number of amides is 1. The van der Waals surface area contributed by atoms with E-state index in [0.717, 1.165) is 17.2 Å². The highest BCUT2D eigenvalue weighted by molar-refractivity contribution is 6.32. The molecule has 1 amide bonds. The van der Waals surface area contributed by atoms with E-state index in [1.165, 1.54) is 57.3 Å². The van der Waals surface area contributed by atoms with Gasteiger partial charge in [0.05, 0.1) is 11.1 Å². The Bertz CT molecular complexity index is 526. The lowest BCUT2D eigenvalue weighted by Gasteiger charge is -2.14. The van der Waals surface area contributed by atoms with Gasteiger partial charge in [0.2, 0.25) is 5.91 Å². The van der Waals surface area contributed by atoms with Crippen LogP contribution >= 0.6 is 11.6 Å². The number of hydrogen-bond donors (Lipinski definition) is 1. The Hall–Kier alpha value is -1.26. The molecule has 1 heterocycles. The van der Waals surface area contributed by atoms with Crippen LogP contribution in [0.3, 0.4) is 0 Å². The highest BCUT2D eigenvalue weighted by Crippen LogP contribution is 2.32. The Labute approximate surface area is 150 Å². The molecular weight excluding hydrogens is 324 g/mol. The summed E-state index contributed by atoms with van der Waals surface area (Å²) >= 11 is 6.27. The minimum Gasteiger partial charge on any atom is -0.489 e. The van der Waals surface area contributed by atoms with E-state index in [1.807, 2.05) is 6.07 Å². The van der Waals surface area contributed by atoms with Crippen molar-refractivity contribution in [3.8, 4) is 5.75 Å². The van der Waals surface area contributed by atoms with E-state index in [9.17, 15) is 4.79 Å². The number of benzene rings is 1. The third-order valence-electron chi connectivity index (χ3n) is 4.30. The maximum atomic E-state index is 9.59. The maximum absolute atomic E-state index is 9.59. The molecular formula is C19H29ClN2O2. The molecule has 2 fully saturated rings. The van der Waals surface area contributed by atoms with Gasteiger partial charge in [-0.05, 0) is 75.9 Å². The topological polar surface area (TPSA) is 55.6 Å². The molecule has 1 aliphatic carbocycles. The first-order valence-corrected chi connectivity index (χ1v) is 9.42. The zero-order valence-corrected chi connectivity index (χ0v) is 15.4. The molecule has 0 radical (unpaired) electrons. The van der Waals surface area contributed by atoms with E-state index < -0.39 is 0 Å². The van der Waals surface area contributed by atoms with Crippen LogP contribution in [0, 0.1) is 0 Å². The molecule has 1 saturated heterocycles. The normalized spacial score (nSPS) is 17.2. The van der Waals surface area contributed by atoms with Gasteiger partial charge in [0.25, 0.3) is 0 Å². The Morgan fingerprint density at radius 1 is 1.33 bits per heavy atom. The van der Waals surface area contributed by atoms with Crippen molar-refractivity contribution in [1.29, 1.82) is 0 Å². The summed E-state index contributed by atoms with van der Waals surface area (Å²) in [6.07, 6.45) is 8.29. The third-order valence-corrected chi connectivity index (χ3v) is 4.60. The summed E-state index contributed by atoms with van der Waals surface area (Å²) < 4.78 is 5.76. The summed E-state index contributed by atoms with van der Waals surface area (Å²) in [7, 11) is 0. The van der Waals surface area contributed by atoms with Gasteiger partial charge in [-0.2, -0.15) is 0 Å². The average Bonchev–Trinajstić information content (AvgIpc) is 3.23. The number of ether oxygens (including phenoxy) is 1. The fourth-order valence-corrected chi connectivity index (χ4v) is 2.92. The van der Waals surface area contributed by atoms with Crippen LogP contribution in [-0.2, 0) is 11.2 Å². The van der Waals surface area contributed by atoms with E-state index in [0.29, 0.717) is 12.5 Å². The molecule has 2 N–H and O–H groups in total. The largest absolute Gasteiger partial charge is 0.489 e. The van der Waals surface area contributed by atoms with Crippen molar-refractivity contribution in [2.45, 2.75) is 58.0 Å². The minimum absolute atomic E-state index is 0.245. The lowest BCUT2D eigenvalue weighted by atomic mass is 10.1. The fourth-order valence-electron chi connectivity index (χ4n) is 2.67. The van der Waals surface area contributed by atoms with Crippen LogP contribution in [0.25, 0.3) is 0 Å². The van der Waals surface area contributed by atoms with Crippen molar-refractivity contribution in [3.05, 3.63) is 28.8 Å². The Kier molecular flexibility index (Phi) is 7.86. The van der Waals surface area contributed by atoms with Crippen molar-refractivity contribution in [2.24, 2.45) is 5.73 Å². The van der Waals surface area contributed by atoms with Gasteiger partial charge in [-0.25, -0.2) is 0 Å². The monoisotopic (exact) mass is 352 g/mol. The lowest BCUT2D eigenvalue weighted by Crippen LogP contribution is -2.20. The molecule has 0 spiro atoms. The van der Waals surface area contributed by atoms with E-state index in [-0.39, 0.29) is 5.91 Å². The molecule has 1 aliphatic heterocycles. The van der Waals surface area contributed by atoms with Crippen LogP contribution < -0.4 is 10.5 Å². The van der Waals surface area contributed by atoms with Crippen LogP contribution in [0.4, 0.5) is 0 Å². The second-order valence-corrected chi connectivity index (χ2v) is 6.96. The van der Waals surface area contributed by atoms with Gasteiger partial charge in [-0.15, -0.1) is 0 Å². The molecule has 0 bridgehead atoms. The number of nitrogens with zero attached hydrogens (tertiary/aromatic N) is 1. The number of primary amides is 1. The number of aryl methyl sites for hydroxylation is 1. The first kappa shape index (κ1) is 19.1. The SMILES string of the molecule is CCC(N)=O.Clc1cc(CCCN2CCCC2)ccc1OC1CC1. The zero-order valence-electron chi connectivity index (χ0n) is 14.6. The van der Waals surface area contributed by atoms with Gasteiger partial charge in [0.1, 0.15) is 5.75 Å². The smallest absolute Gasteiger partial charge is 0.217 e.